The number of rotatable bonds is 6. The van der Waals surface area contributed by atoms with Crippen molar-refractivity contribution in [3.63, 3.8) is 0 Å². The zero-order valence-electron chi connectivity index (χ0n) is 11.7. The average Bonchev–Trinajstić information content (AvgIpc) is 2.83. The molecule has 0 spiro atoms. The van der Waals surface area contributed by atoms with E-state index < -0.39 is 0 Å². The third-order valence-electron chi connectivity index (χ3n) is 3.36. The van der Waals surface area contributed by atoms with Gasteiger partial charge >= 0.3 is 0 Å². The molecule has 2 heterocycles. The van der Waals surface area contributed by atoms with E-state index in [1.54, 1.807) is 0 Å². The van der Waals surface area contributed by atoms with Gasteiger partial charge in [0, 0.05) is 19.7 Å². The zero-order valence-corrected chi connectivity index (χ0v) is 12.5. The number of hydrogen-bond donors (Lipinski definition) is 0. The Kier molecular flexibility index (Phi) is 5.34. The summed E-state index contributed by atoms with van der Waals surface area (Å²) in [6.45, 7) is 6.81. The van der Waals surface area contributed by atoms with Crippen LogP contribution in [-0.4, -0.2) is 37.1 Å². The van der Waals surface area contributed by atoms with Crippen molar-refractivity contribution in [2.24, 2.45) is 0 Å². The van der Waals surface area contributed by atoms with Gasteiger partial charge in [-0.05, 0) is 26.2 Å². The highest BCUT2D eigenvalue weighted by molar-refractivity contribution is 7.17. The maximum absolute atomic E-state index is 11.1. The minimum Gasteiger partial charge on any atom is -0.377 e. The summed E-state index contributed by atoms with van der Waals surface area (Å²) in [5, 5.41) is 0.981. The summed E-state index contributed by atoms with van der Waals surface area (Å²) < 4.78 is 5.71. The third-order valence-corrected chi connectivity index (χ3v) is 4.44. The minimum atomic E-state index is 0.303. The van der Waals surface area contributed by atoms with E-state index in [2.05, 4.69) is 16.8 Å². The van der Waals surface area contributed by atoms with E-state index in [0.717, 1.165) is 67.4 Å². The standard InChI is InChI=1S/C14H22N2O2S/c1-3-6-12-13(10-17)19-14(15-12)16-8-5-7-11(9-16)18-4-2/h10-11H,3-9H2,1-2H3. The smallest absolute Gasteiger partial charge is 0.186 e. The van der Waals surface area contributed by atoms with Crippen molar-refractivity contribution >= 4 is 22.8 Å². The van der Waals surface area contributed by atoms with Gasteiger partial charge in [0.25, 0.3) is 0 Å². The van der Waals surface area contributed by atoms with Gasteiger partial charge in [-0.1, -0.05) is 24.7 Å². The fourth-order valence-electron chi connectivity index (χ4n) is 2.48. The molecule has 5 heteroatoms. The molecule has 0 saturated carbocycles. The average molecular weight is 282 g/mol. The lowest BCUT2D eigenvalue weighted by Gasteiger charge is -2.32. The largest absolute Gasteiger partial charge is 0.377 e. The van der Waals surface area contributed by atoms with Crippen molar-refractivity contribution in [1.29, 1.82) is 0 Å². The molecule has 0 aromatic carbocycles. The van der Waals surface area contributed by atoms with Crippen molar-refractivity contribution in [2.45, 2.75) is 45.6 Å². The SMILES string of the molecule is CCCc1nc(N2CCCC(OCC)C2)sc1C=O. The van der Waals surface area contributed by atoms with Gasteiger partial charge in [0.15, 0.2) is 11.4 Å². The number of carbonyl (C=O) groups excluding carboxylic acids is 1. The Hall–Kier alpha value is -0.940. The molecule has 0 radical (unpaired) electrons. The van der Waals surface area contributed by atoms with Gasteiger partial charge in [-0.3, -0.25) is 4.79 Å². The molecule has 1 aromatic heterocycles. The molecule has 106 valence electrons. The predicted octanol–water partition coefficient (Wildman–Crippen LogP) is 2.91. The molecule has 1 fully saturated rings. The van der Waals surface area contributed by atoms with Gasteiger partial charge in [-0.25, -0.2) is 4.98 Å². The number of ether oxygens (including phenoxy) is 1. The molecule has 2 rings (SSSR count). The lowest BCUT2D eigenvalue weighted by molar-refractivity contribution is 0.0526. The molecule has 1 saturated heterocycles. The maximum Gasteiger partial charge on any atom is 0.186 e. The number of thiazole rings is 1. The fourth-order valence-corrected chi connectivity index (χ4v) is 3.44. The number of anilines is 1. The summed E-state index contributed by atoms with van der Waals surface area (Å²) in [6.07, 6.45) is 5.40. The van der Waals surface area contributed by atoms with E-state index in [1.165, 1.54) is 11.3 Å². The van der Waals surface area contributed by atoms with Crippen LogP contribution in [0, 0.1) is 0 Å². The normalized spacial score (nSPS) is 19.7. The number of nitrogens with zero attached hydrogens (tertiary/aromatic N) is 2. The van der Waals surface area contributed by atoms with E-state index in [1.807, 2.05) is 6.92 Å². The maximum atomic E-state index is 11.1. The topological polar surface area (TPSA) is 42.4 Å². The molecule has 1 aromatic rings. The Balaban J connectivity index is 2.10. The molecule has 0 bridgehead atoms. The van der Waals surface area contributed by atoms with Crippen LogP contribution in [-0.2, 0) is 11.2 Å². The second-order valence-electron chi connectivity index (χ2n) is 4.84. The van der Waals surface area contributed by atoms with Gasteiger partial charge in [0.05, 0.1) is 16.7 Å². The highest BCUT2D eigenvalue weighted by Crippen LogP contribution is 2.28. The first-order valence-corrected chi connectivity index (χ1v) is 7.91. The van der Waals surface area contributed by atoms with E-state index >= 15 is 0 Å². The molecule has 1 aliphatic heterocycles. The second kappa shape index (κ2) is 7.01. The van der Waals surface area contributed by atoms with Crippen LogP contribution in [0.4, 0.5) is 5.13 Å². The van der Waals surface area contributed by atoms with Crippen molar-refractivity contribution in [2.75, 3.05) is 24.6 Å². The quantitative estimate of drug-likeness (QED) is 0.752. The lowest BCUT2D eigenvalue weighted by Crippen LogP contribution is -2.39. The number of carbonyl (C=O) groups is 1. The third kappa shape index (κ3) is 3.54. The number of aromatic nitrogens is 1. The minimum absolute atomic E-state index is 0.303. The van der Waals surface area contributed by atoms with Crippen LogP contribution in [0.1, 0.15) is 48.5 Å². The highest BCUT2D eigenvalue weighted by atomic mass is 32.1. The Morgan fingerprint density at radius 2 is 2.37 bits per heavy atom. The summed E-state index contributed by atoms with van der Waals surface area (Å²) in [5.41, 5.74) is 0.955. The van der Waals surface area contributed by atoms with Crippen LogP contribution in [0.15, 0.2) is 0 Å². The van der Waals surface area contributed by atoms with E-state index in [0.29, 0.717) is 6.10 Å². The molecule has 1 unspecified atom stereocenters. The monoisotopic (exact) mass is 282 g/mol. The van der Waals surface area contributed by atoms with Gasteiger partial charge < -0.3 is 9.64 Å². The summed E-state index contributed by atoms with van der Waals surface area (Å²) in [7, 11) is 0. The Bertz CT molecular complexity index is 418. The van der Waals surface area contributed by atoms with Crippen molar-refractivity contribution in [3.8, 4) is 0 Å². The number of aryl methyl sites for hydroxylation is 1. The number of hydrogen-bond acceptors (Lipinski definition) is 5. The molecule has 1 atom stereocenters. The van der Waals surface area contributed by atoms with Crippen molar-refractivity contribution in [1.82, 2.24) is 4.98 Å². The van der Waals surface area contributed by atoms with Gasteiger partial charge in [-0.2, -0.15) is 0 Å². The molecule has 0 amide bonds. The Labute approximate surface area is 118 Å². The van der Waals surface area contributed by atoms with Crippen LogP contribution in [0.5, 0.6) is 0 Å². The summed E-state index contributed by atoms with van der Waals surface area (Å²) in [5.74, 6) is 0. The van der Waals surface area contributed by atoms with E-state index in [4.69, 9.17) is 4.74 Å². The van der Waals surface area contributed by atoms with E-state index in [-0.39, 0.29) is 0 Å². The first-order valence-electron chi connectivity index (χ1n) is 7.09. The number of aldehydes is 1. The first-order chi connectivity index (χ1) is 9.28. The summed E-state index contributed by atoms with van der Waals surface area (Å²) in [4.78, 5) is 18.8. The van der Waals surface area contributed by atoms with Crippen molar-refractivity contribution in [3.05, 3.63) is 10.6 Å². The predicted molar refractivity (Wildman–Crippen MR) is 78.4 cm³/mol. The highest BCUT2D eigenvalue weighted by Gasteiger charge is 2.23. The molecule has 4 nitrogen and oxygen atoms in total. The van der Waals surface area contributed by atoms with Gasteiger partial charge in [0.2, 0.25) is 0 Å². The van der Waals surface area contributed by atoms with Crippen LogP contribution in [0.2, 0.25) is 0 Å². The van der Waals surface area contributed by atoms with Crippen LogP contribution in [0.25, 0.3) is 0 Å². The van der Waals surface area contributed by atoms with Crippen molar-refractivity contribution < 1.29 is 9.53 Å². The summed E-state index contributed by atoms with van der Waals surface area (Å²) >= 11 is 1.52. The Morgan fingerprint density at radius 3 is 3.05 bits per heavy atom. The molecule has 1 aliphatic rings. The van der Waals surface area contributed by atoms with Gasteiger partial charge in [0.1, 0.15) is 0 Å². The van der Waals surface area contributed by atoms with Crippen LogP contribution in [0.3, 0.4) is 0 Å². The Morgan fingerprint density at radius 1 is 1.53 bits per heavy atom. The summed E-state index contributed by atoms with van der Waals surface area (Å²) in [6, 6.07) is 0. The molecule has 0 aliphatic carbocycles. The van der Waals surface area contributed by atoms with Crippen LogP contribution < -0.4 is 4.90 Å². The molecule has 0 N–H and O–H groups in total. The lowest BCUT2D eigenvalue weighted by atomic mass is 10.1. The molecular weight excluding hydrogens is 260 g/mol. The zero-order chi connectivity index (χ0) is 13.7. The molecular formula is C14H22N2O2S. The second-order valence-corrected chi connectivity index (χ2v) is 5.85. The fraction of sp³-hybridized carbons (Fsp3) is 0.714. The van der Waals surface area contributed by atoms with Crippen LogP contribution >= 0.6 is 11.3 Å². The first kappa shape index (κ1) is 14.5. The van der Waals surface area contributed by atoms with Gasteiger partial charge in [-0.15, -0.1) is 0 Å². The molecule has 19 heavy (non-hydrogen) atoms. The number of piperidine rings is 1. The van der Waals surface area contributed by atoms with E-state index in [9.17, 15) is 4.79 Å².